The third-order valence-corrected chi connectivity index (χ3v) is 4.48. The molecule has 2 aromatic rings. The Balaban J connectivity index is 1.62. The molecule has 2 amide bonds. The summed E-state index contributed by atoms with van der Waals surface area (Å²) in [7, 11) is 1.77. The Bertz CT molecular complexity index is 728. The van der Waals surface area contributed by atoms with Crippen molar-refractivity contribution in [2.45, 2.75) is 4.90 Å². The van der Waals surface area contributed by atoms with Crippen molar-refractivity contribution in [1.82, 2.24) is 5.32 Å². The van der Waals surface area contributed by atoms with E-state index in [4.69, 9.17) is 0 Å². The van der Waals surface area contributed by atoms with Crippen molar-refractivity contribution < 1.29 is 18.9 Å². The summed E-state index contributed by atoms with van der Waals surface area (Å²) >= 11 is 1.68. The van der Waals surface area contributed by atoms with Crippen LogP contribution in [0.1, 0.15) is 0 Å². The van der Waals surface area contributed by atoms with Crippen LogP contribution in [0, 0.1) is 5.82 Å². The fraction of sp³-hybridized carbons (Fsp3) is 0.263. The van der Waals surface area contributed by atoms with Gasteiger partial charge in [-0.2, -0.15) is 0 Å². The fourth-order valence-electron chi connectivity index (χ4n) is 2.32. The molecule has 0 aromatic heterocycles. The number of carbonyl (C=O) groups is 2. The molecule has 5 nitrogen and oxygen atoms in total. The van der Waals surface area contributed by atoms with E-state index in [1.54, 1.807) is 24.9 Å². The van der Waals surface area contributed by atoms with Crippen molar-refractivity contribution in [1.29, 1.82) is 0 Å². The molecular formula is C19H23FN3O2S+. The van der Waals surface area contributed by atoms with Gasteiger partial charge in [0.05, 0.1) is 7.05 Å². The lowest BCUT2D eigenvalue weighted by Crippen LogP contribution is -3.11. The van der Waals surface area contributed by atoms with E-state index in [1.807, 2.05) is 30.3 Å². The van der Waals surface area contributed by atoms with Gasteiger partial charge >= 0.3 is 0 Å². The summed E-state index contributed by atoms with van der Waals surface area (Å²) in [5, 5.41) is 5.47. The van der Waals surface area contributed by atoms with E-state index in [1.165, 1.54) is 23.1 Å². The van der Waals surface area contributed by atoms with Gasteiger partial charge in [-0.15, -0.1) is 11.8 Å². The minimum absolute atomic E-state index is 0.102. The second-order valence-electron chi connectivity index (χ2n) is 5.88. The van der Waals surface area contributed by atoms with E-state index < -0.39 is 5.82 Å². The molecule has 0 bridgehead atoms. The number of benzene rings is 2. The van der Waals surface area contributed by atoms with E-state index >= 15 is 0 Å². The molecule has 1 atom stereocenters. The minimum atomic E-state index is -0.406. The lowest BCUT2D eigenvalue weighted by atomic mass is 10.3. The number of anilines is 1. The van der Waals surface area contributed by atoms with Crippen LogP contribution in [0.4, 0.5) is 10.1 Å². The molecular weight excluding hydrogens is 353 g/mol. The van der Waals surface area contributed by atoms with Crippen LogP contribution < -0.4 is 15.5 Å². The van der Waals surface area contributed by atoms with Gasteiger partial charge in [-0.3, -0.25) is 9.59 Å². The second kappa shape index (κ2) is 10.6. The lowest BCUT2D eigenvalue weighted by Gasteiger charge is -2.13. The van der Waals surface area contributed by atoms with Crippen molar-refractivity contribution in [2.75, 3.05) is 37.8 Å². The summed E-state index contributed by atoms with van der Waals surface area (Å²) in [6.07, 6.45) is 0. The van der Waals surface area contributed by atoms with Gasteiger partial charge in [-0.1, -0.05) is 24.3 Å². The van der Waals surface area contributed by atoms with Gasteiger partial charge in [0, 0.05) is 22.9 Å². The minimum Gasteiger partial charge on any atom is -0.350 e. The largest absolute Gasteiger partial charge is 0.350 e. The second-order valence-corrected chi connectivity index (χ2v) is 7.05. The first-order chi connectivity index (χ1) is 12.5. The number of rotatable bonds is 9. The molecule has 0 spiro atoms. The Hall–Kier alpha value is -2.38. The zero-order chi connectivity index (χ0) is 18.8. The zero-order valence-electron chi connectivity index (χ0n) is 14.6. The first-order valence-corrected chi connectivity index (χ1v) is 9.33. The number of likely N-dealkylation sites (N-methyl/N-ethyl adjacent to an activating group) is 1. The molecule has 0 saturated heterocycles. The Morgan fingerprint density at radius 2 is 1.77 bits per heavy atom. The number of thioether (sulfide) groups is 1. The van der Waals surface area contributed by atoms with Gasteiger partial charge < -0.3 is 15.5 Å². The molecule has 2 aromatic carbocycles. The highest BCUT2D eigenvalue weighted by molar-refractivity contribution is 7.99. The van der Waals surface area contributed by atoms with Crippen LogP contribution in [-0.2, 0) is 9.59 Å². The van der Waals surface area contributed by atoms with Crippen molar-refractivity contribution in [3.8, 4) is 0 Å². The molecule has 7 heteroatoms. The van der Waals surface area contributed by atoms with Crippen LogP contribution in [-0.4, -0.2) is 44.2 Å². The molecule has 26 heavy (non-hydrogen) atoms. The number of amides is 2. The number of hydrogen-bond acceptors (Lipinski definition) is 3. The Morgan fingerprint density at radius 3 is 2.50 bits per heavy atom. The zero-order valence-corrected chi connectivity index (χ0v) is 15.4. The topological polar surface area (TPSA) is 62.6 Å². The maximum Gasteiger partial charge on any atom is 0.279 e. The van der Waals surface area contributed by atoms with E-state index in [0.717, 1.165) is 10.7 Å². The summed E-state index contributed by atoms with van der Waals surface area (Å²) in [6.45, 7) is 0.899. The Kier molecular flexibility index (Phi) is 8.11. The van der Waals surface area contributed by atoms with Crippen LogP contribution in [0.3, 0.4) is 0 Å². The quantitative estimate of drug-likeness (QED) is 0.455. The smallest absolute Gasteiger partial charge is 0.279 e. The highest BCUT2D eigenvalue weighted by atomic mass is 32.2. The number of carbonyl (C=O) groups excluding carboxylic acids is 2. The van der Waals surface area contributed by atoms with Crippen molar-refractivity contribution in [3.63, 3.8) is 0 Å². The predicted molar refractivity (Wildman–Crippen MR) is 102 cm³/mol. The molecule has 0 aliphatic carbocycles. The Morgan fingerprint density at radius 1 is 1.04 bits per heavy atom. The highest BCUT2D eigenvalue weighted by Gasteiger charge is 2.14. The van der Waals surface area contributed by atoms with E-state index in [2.05, 4.69) is 10.6 Å². The van der Waals surface area contributed by atoms with E-state index in [9.17, 15) is 14.0 Å². The summed E-state index contributed by atoms with van der Waals surface area (Å²) in [6, 6.07) is 15.7. The summed E-state index contributed by atoms with van der Waals surface area (Å²) in [5.41, 5.74) is 0.408. The molecule has 0 aliphatic heterocycles. The normalized spacial score (nSPS) is 11.6. The van der Waals surface area contributed by atoms with Crippen molar-refractivity contribution >= 4 is 29.3 Å². The van der Waals surface area contributed by atoms with Crippen LogP contribution >= 0.6 is 11.8 Å². The van der Waals surface area contributed by atoms with Gasteiger partial charge in [0.1, 0.15) is 5.82 Å². The van der Waals surface area contributed by atoms with Crippen molar-refractivity contribution in [3.05, 3.63) is 60.4 Å². The molecule has 3 N–H and O–H groups in total. The van der Waals surface area contributed by atoms with Crippen LogP contribution in [0.25, 0.3) is 0 Å². The molecule has 0 radical (unpaired) electrons. The van der Waals surface area contributed by atoms with Gasteiger partial charge in [0.15, 0.2) is 13.1 Å². The summed E-state index contributed by atoms with van der Waals surface area (Å²) in [4.78, 5) is 25.8. The number of nitrogens with one attached hydrogen (secondary N) is 3. The summed E-state index contributed by atoms with van der Waals surface area (Å²) < 4.78 is 13.1. The molecule has 1 unspecified atom stereocenters. The van der Waals surface area contributed by atoms with Gasteiger partial charge in [0.25, 0.3) is 11.8 Å². The average Bonchev–Trinajstić information content (AvgIpc) is 2.59. The molecule has 2 rings (SSSR count). The number of hydrogen-bond donors (Lipinski definition) is 3. The first-order valence-electron chi connectivity index (χ1n) is 8.34. The monoisotopic (exact) mass is 376 g/mol. The molecule has 138 valence electrons. The van der Waals surface area contributed by atoms with Crippen LogP contribution in [0.5, 0.6) is 0 Å². The van der Waals surface area contributed by atoms with E-state index in [-0.39, 0.29) is 24.9 Å². The third-order valence-electron chi connectivity index (χ3n) is 3.47. The molecule has 0 aliphatic rings. The molecule has 0 fully saturated rings. The van der Waals surface area contributed by atoms with Crippen molar-refractivity contribution in [2.24, 2.45) is 0 Å². The van der Waals surface area contributed by atoms with Gasteiger partial charge in [0.2, 0.25) is 0 Å². The van der Waals surface area contributed by atoms with Gasteiger partial charge in [-0.25, -0.2) is 4.39 Å². The van der Waals surface area contributed by atoms with E-state index in [0.29, 0.717) is 12.2 Å². The number of quaternary nitrogens is 1. The fourth-order valence-corrected chi connectivity index (χ4v) is 3.11. The summed E-state index contributed by atoms with van der Waals surface area (Å²) in [5.74, 6) is 0.0148. The molecule has 0 heterocycles. The third kappa shape index (κ3) is 7.67. The maximum atomic E-state index is 13.1. The molecule has 0 saturated carbocycles. The maximum absolute atomic E-state index is 13.1. The van der Waals surface area contributed by atoms with Crippen LogP contribution in [0.2, 0.25) is 0 Å². The average molecular weight is 376 g/mol. The lowest BCUT2D eigenvalue weighted by molar-refractivity contribution is -0.862. The van der Waals surface area contributed by atoms with Crippen LogP contribution in [0.15, 0.2) is 59.5 Å². The highest BCUT2D eigenvalue weighted by Crippen LogP contribution is 2.15. The SMILES string of the molecule is C[NH+](CC(=O)NCCSc1ccccc1)CC(=O)Nc1cccc(F)c1. The standard InChI is InChI=1S/C19H22FN3O2S/c1-23(14-19(25)22-16-7-5-6-15(20)12-16)13-18(24)21-10-11-26-17-8-3-2-4-9-17/h2-9,12H,10-11,13-14H2,1H3,(H,21,24)(H,22,25)/p+1. The Labute approximate surface area is 157 Å². The van der Waals surface area contributed by atoms with Gasteiger partial charge in [-0.05, 0) is 30.3 Å². The first kappa shape index (κ1) is 19.9. The number of halogens is 1. The predicted octanol–water partition coefficient (Wildman–Crippen LogP) is 1.19.